The zero-order valence-electron chi connectivity index (χ0n) is 14.3. The van der Waals surface area contributed by atoms with Gasteiger partial charge in [-0.1, -0.05) is 41.4 Å². The summed E-state index contributed by atoms with van der Waals surface area (Å²) in [5.74, 6) is -1.45. The van der Waals surface area contributed by atoms with Gasteiger partial charge < -0.3 is 10.1 Å². The van der Waals surface area contributed by atoms with Gasteiger partial charge in [-0.15, -0.1) is 0 Å². The number of carbonyl (C=O) groups excluding carboxylic acids is 2. The van der Waals surface area contributed by atoms with Crippen molar-refractivity contribution in [3.8, 4) is 0 Å². The Kier molecular flexibility index (Phi) is 7.15. The third-order valence-electron chi connectivity index (χ3n) is 3.71. The van der Waals surface area contributed by atoms with Crippen LogP contribution in [0.15, 0.2) is 36.4 Å². The minimum Gasteiger partial charge on any atom is -0.452 e. The van der Waals surface area contributed by atoms with Gasteiger partial charge in [0.15, 0.2) is 6.61 Å². The van der Waals surface area contributed by atoms with Gasteiger partial charge in [0.05, 0.1) is 4.92 Å². The zero-order chi connectivity index (χ0) is 20.0. The molecule has 0 aromatic heterocycles. The Labute approximate surface area is 165 Å². The van der Waals surface area contributed by atoms with Crippen LogP contribution in [-0.4, -0.2) is 30.0 Å². The summed E-state index contributed by atoms with van der Waals surface area (Å²) in [5.41, 5.74) is 0.619. The van der Waals surface area contributed by atoms with Gasteiger partial charge in [0.2, 0.25) is 0 Å². The molecule has 142 valence electrons. The van der Waals surface area contributed by atoms with Gasteiger partial charge in [-0.3, -0.25) is 14.9 Å². The molecular weight excluding hydrogens is 395 g/mol. The highest BCUT2D eigenvalue weighted by Gasteiger charge is 2.24. The quantitative estimate of drug-likeness (QED) is 0.425. The molecule has 0 spiro atoms. The molecule has 0 aliphatic carbocycles. The van der Waals surface area contributed by atoms with Crippen LogP contribution >= 0.6 is 23.2 Å². The highest BCUT2D eigenvalue weighted by atomic mass is 35.5. The van der Waals surface area contributed by atoms with E-state index in [1.807, 2.05) is 0 Å². The second-order valence-electron chi connectivity index (χ2n) is 5.64. The summed E-state index contributed by atoms with van der Waals surface area (Å²) in [7, 11) is 0. The number of para-hydroxylation sites is 1. The Morgan fingerprint density at radius 2 is 1.96 bits per heavy atom. The van der Waals surface area contributed by atoms with Crippen LogP contribution in [0.2, 0.25) is 10.0 Å². The Hall–Kier alpha value is -2.64. The van der Waals surface area contributed by atoms with Gasteiger partial charge in [0, 0.05) is 22.2 Å². The number of nitro groups is 1. The van der Waals surface area contributed by atoms with E-state index in [4.69, 9.17) is 27.9 Å². The maximum atomic E-state index is 12.1. The molecule has 0 saturated carbocycles. The summed E-state index contributed by atoms with van der Waals surface area (Å²) in [5, 5.41) is 14.7. The van der Waals surface area contributed by atoms with E-state index in [0.717, 1.165) is 5.56 Å². The number of rotatable bonds is 7. The van der Waals surface area contributed by atoms with E-state index in [1.54, 1.807) is 18.2 Å². The van der Waals surface area contributed by atoms with Crippen LogP contribution in [0.4, 0.5) is 5.69 Å². The number of nitrogens with one attached hydrogen (secondary N) is 1. The molecule has 1 N–H and O–H groups in total. The molecule has 0 saturated heterocycles. The number of ether oxygens (including phenoxy) is 1. The monoisotopic (exact) mass is 410 g/mol. The van der Waals surface area contributed by atoms with Crippen LogP contribution in [0, 0.1) is 17.0 Å². The van der Waals surface area contributed by atoms with Crippen LogP contribution in [0.25, 0.3) is 0 Å². The van der Waals surface area contributed by atoms with Crippen LogP contribution in [-0.2, 0) is 16.0 Å². The number of esters is 1. The lowest BCUT2D eigenvalue weighted by Crippen LogP contribution is -2.30. The number of benzene rings is 2. The van der Waals surface area contributed by atoms with Gasteiger partial charge in [-0.05, 0) is 37.1 Å². The van der Waals surface area contributed by atoms with Crippen molar-refractivity contribution in [2.45, 2.75) is 13.3 Å². The van der Waals surface area contributed by atoms with E-state index < -0.39 is 23.4 Å². The highest BCUT2D eigenvalue weighted by Crippen LogP contribution is 2.24. The molecular formula is C18H16Cl2N2O5. The maximum Gasteiger partial charge on any atom is 0.345 e. The van der Waals surface area contributed by atoms with Crippen LogP contribution < -0.4 is 5.32 Å². The molecule has 1 amide bonds. The first-order chi connectivity index (χ1) is 12.8. The third kappa shape index (κ3) is 5.67. The maximum absolute atomic E-state index is 12.1. The second kappa shape index (κ2) is 9.34. The largest absolute Gasteiger partial charge is 0.452 e. The van der Waals surface area contributed by atoms with E-state index in [9.17, 15) is 19.7 Å². The summed E-state index contributed by atoms with van der Waals surface area (Å²) >= 11 is 11.9. The number of hydrogen-bond acceptors (Lipinski definition) is 5. The molecule has 0 atom stereocenters. The lowest BCUT2D eigenvalue weighted by Gasteiger charge is -2.08. The zero-order valence-corrected chi connectivity index (χ0v) is 15.8. The standard InChI is InChI=1S/C18H16Cl2N2O5/c1-11-3-2-4-14(17(11)22(25)26)18(24)27-10-16(23)21-8-7-12-5-6-13(19)9-15(12)20/h2-6,9H,7-8,10H2,1H3,(H,21,23). The normalized spacial score (nSPS) is 10.3. The Bertz CT molecular complexity index is 886. The second-order valence-corrected chi connectivity index (χ2v) is 6.48. The fourth-order valence-corrected chi connectivity index (χ4v) is 2.89. The molecule has 0 aliphatic rings. The molecule has 2 rings (SSSR count). The summed E-state index contributed by atoms with van der Waals surface area (Å²) in [6.45, 7) is 1.25. The van der Waals surface area contributed by atoms with E-state index >= 15 is 0 Å². The predicted molar refractivity (Wildman–Crippen MR) is 101 cm³/mol. The van der Waals surface area contributed by atoms with Crippen LogP contribution in [0.5, 0.6) is 0 Å². The summed E-state index contributed by atoms with van der Waals surface area (Å²) in [4.78, 5) is 34.3. The minimum absolute atomic E-state index is 0.194. The molecule has 0 aliphatic heterocycles. The van der Waals surface area contributed by atoms with Crippen molar-refractivity contribution in [2.24, 2.45) is 0 Å². The number of amides is 1. The molecule has 0 bridgehead atoms. The molecule has 27 heavy (non-hydrogen) atoms. The van der Waals surface area contributed by atoms with E-state index in [0.29, 0.717) is 22.0 Å². The van der Waals surface area contributed by atoms with Gasteiger partial charge in [-0.2, -0.15) is 0 Å². The molecule has 7 nitrogen and oxygen atoms in total. The number of hydrogen-bond donors (Lipinski definition) is 1. The minimum atomic E-state index is -0.929. The van der Waals surface area contributed by atoms with E-state index in [-0.39, 0.29) is 17.8 Å². The van der Waals surface area contributed by atoms with Crippen molar-refractivity contribution in [3.63, 3.8) is 0 Å². The Balaban J connectivity index is 1.86. The number of nitrogens with zero attached hydrogens (tertiary/aromatic N) is 1. The molecule has 2 aromatic carbocycles. The highest BCUT2D eigenvalue weighted by molar-refractivity contribution is 6.35. The Morgan fingerprint density at radius 1 is 1.22 bits per heavy atom. The fourth-order valence-electron chi connectivity index (χ4n) is 2.39. The van der Waals surface area contributed by atoms with Crippen LogP contribution in [0.1, 0.15) is 21.5 Å². The Morgan fingerprint density at radius 3 is 2.63 bits per heavy atom. The number of halogens is 2. The number of carbonyl (C=O) groups is 2. The van der Waals surface area contributed by atoms with E-state index in [2.05, 4.69) is 5.32 Å². The average molecular weight is 411 g/mol. The molecule has 2 aromatic rings. The molecule has 0 heterocycles. The smallest absolute Gasteiger partial charge is 0.345 e. The average Bonchev–Trinajstić information content (AvgIpc) is 2.61. The van der Waals surface area contributed by atoms with Crippen molar-refractivity contribution in [1.82, 2.24) is 5.32 Å². The first kappa shape index (κ1) is 20.7. The predicted octanol–water partition coefficient (Wildman–Crippen LogP) is 3.73. The van der Waals surface area contributed by atoms with Crippen molar-refractivity contribution >= 4 is 40.8 Å². The lowest BCUT2D eigenvalue weighted by molar-refractivity contribution is -0.385. The number of nitro benzene ring substituents is 1. The fraction of sp³-hybridized carbons (Fsp3) is 0.222. The van der Waals surface area contributed by atoms with Crippen molar-refractivity contribution in [3.05, 3.63) is 73.2 Å². The van der Waals surface area contributed by atoms with Gasteiger partial charge >= 0.3 is 5.97 Å². The van der Waals surface area contributed by atoms with Gasteiger partial charge in [0.25, 0.3) is 11.6 Å². The number of aryl methyl sites for hydroxylation is 1. The first-order valence-corrected chi connectivity index (χ1v) is 8.67. The lowest BCUT2D eigenvalue weighted by atomic mass is 10.1. The van der Waals surface area contributed by atoms with Crippen molar-refractivity contribution in [1.29, 1.82) is 0 Å². The summed E-state index contributed by atoms with van der Waals surface area (Å²) in [6.07, 6.45) is 0.471. The molecule has 0 unspecified atom stereocenters. The van der Waals surface area contributed by atoms with Crippen molar-refractivity contribution in [2.75, 3.05) is 13.2 Å². The molecule has 9 heteroatoms. The topological polar surface area (TPSA) is 98.5 Å². The summed E-state index contributed by atoms with van der Waals surface area (Å²) < 4.78 is 4.88. The molecule has 0 fully saturated rings. The van der Waals surface area contributed by atoms with Gasteiger partial charge in [0.1, 0.15) is 5.56 Å². The van der Waals surface area contributed by atoms with E-state index in [1.165, 1.54) is 25.1 Å². The molecule has 0 radical (unpaired) electrons. The van der Waals surface area contributed by atoms with Gasteiger partial charge in [-0.25, -0.2) is 4.79 Å². The summed E-state index contributed by atoms with van der Waals surface area (Å²) in [6, 6.07) is 9.37. The SMILES string of the molecule is Cc1cccc(C(=O)OCC(=O)NCCc2ccc(Cl)cc2Cl)c1[N+](=O)[O-]. The van der Waals surface area contributed by atoms with Crippen molar-refractivity contribution < 1.29 is 19.2 Å². The third-order valence-corrected chi connectivity index (χ3v) is 4.29. The van der Waals surface area contributed by atoms with Crippen LogP contribution in [0.3, 0.4) is 0 Å². The first-order valence-electron chi connectivity index (χ1n) is 7.91.